The molecule has 1 heterocycles. The number of nitrogens with two attached hydrogens (primary N) is 1. The van der Waals surface area contributed by atoms with E-state index in [1.54, 1.807) is 0 Å². The van der Waals surface area contributed by atoms with Crippen molar-refractivity contribution in [2.45, 2.75) is 13.3 Å². The summed E-state index contributed by atoms with van der Waals surface area (Å²) in [7, 11) is 4.03. The molecular formula is C11H21N5O. The summed E-state index contributed by atoms with van der Waals surface area (Å²) in [5.41, 5.74) is 5.68. The molecule has 0 radical (unpaired) electrons. The lowest BCUT2D eigenvalue weighted by molar-refractivity contribution is 0.412. The van der Waals surface area contributed by atoms with Crippen molar-refractivity contribution >= 4 is 11.5 Å². The van der Waals surface area contributed by atoms with Crippen LogP contribution in [0.15, 0.2) is 11.1 Å². The van der Waals surface area contributed by atoms with E-state index in [2.05, 4.69) is 21.8 Å². The smallest absolute Gasteiger partial charge is 0.276 e. The van der Waals surface area contributed by atoms with E-state index in [1.165, 1.54) is 6.33 Å². The summed E-state index contributed by atoms with van der Waals surface area (Å²) in [4.78, 5) is 22.2. The fourth-order valence-corrected chi connectivity index (χ4v) is 1.57. The minimum Gasteiger partial charge on any atom is -0.391 e. The molecule has 0 aliphatic heterocycles. The Hall–Kier alpha value is -1.56. The molecule has 17 heavy (non-hydrogen) atoms. The maximum atomic E-state index is 11.4. The molecule has 0 amide bonds. The van der Waals surface area contributed by atoms with E-state index in [0.717, 1.165) is 26.1 Å². The standard InChI is InChI=1S/C11H21N5O/c1-4-5-16(7-6-15(2)3)10-9(12)11(17)14-8-13-10/h8H,4-7,12H2,1-3H3,(H,13,14,17). The first kappa shape index (κ1) is 13.5. The highest BCUT2D eigenvalue weighted by molar-refractivity contribution is 5.60. The molecule has 0 spiro atoms. The fourth-order valence-electron chi connectivity index (χ4n) is 1.57. The third kappa shape index (κ3) is 3.74. The van der Waals surface area contributed by atoms with Gasteiger partial charge in [-0.05, 0) is 20.5 Å². The minimum absolute atomic E-state index is 0.194. The molecule has 0 saturated heterocycles. The molecule has 0 saturated carbocycles. The Bertz CT molecular complexity index is 401. The van der Waals surface area contributed by atoms with Crippen molar-refractivity contribution in [2.75, 3.05) is 44.4 Å². The number of likely N-dealkylation sites (N-methyl/N-ethyl adjacent to an activating group) is 1. The normalized spacial score (nSPS) is 10.8. The highest BCUT2D eigenvalue weighted by atomic mass is 16.1. The van der Waals surface area contributed by atoms with E-state index < -0.39 is 0 Å². The zero-order valence-corrected chi connectivity index (χ0v) is 10.7. The molecule has 0 bridgehead atoms. The number of nitrogens with one attached hydrogen (secondary N) is 1. The van der Waals surface area contributed by atoms with Crippen molar-refractivity contribution in [3.05, 3.63) is 16.7 Å². The monoisotopic (exact) mass is 239 g/mol. The Morgan fingerprint density at radius 1 is 1.35 bits per heavy atom. The van der Waals surface area contributed by atoms with Gasteiger partial charge in [-0.1, -0.05) is 6.92 Å². The second-order valence-electron chi connectivity index (χ2n) is 4.26. The molecule has 0 atom stereocenters. The van der Waals surface area contributed by atoms with Crippen molar-refractivity contribution in [1.82, 2.24) is 14.9 Å². The average Bonchev–Trinajstić information content (AvgIpc) is 2.28. The third-order valence-corrected chi connectivity index (χ3v) is 2.48. The van der Waals surface area contributed by atoms with Gasteiger partial charge < -0.3 is 20.5 Å². The molecule has 0 aliphatic carbocycles. The number of nitrogens with zero attached hydrogens (tertiary/aromatic N) is 3. The van der Waals surface area contributed by atoms with Gasteiger partial charge in [-0.15, -0.1) is 0 Å². The summed E-state index contributed by atoms with van der Waals surface area (Å²) in [6.07, 6.45) is 2.38. The van der Waals surface area contributed by atoms with Gasteiger partial charge in [0.05, 0.1) is 6.33 Å². The third-order valence-electron chi connectivity index (χ3n) is 2.48. The predicted octanol–water partition coefficient (Wildman–Crippen LogP) is 0.130. The van der Waals surface area contributed by atoms with Crippen molar-refractivity contribution in [2.24, 2.45) is 0 Å². The Kier molecular flexibility index (Phi) is 4.96. The molecule has 96 valence electrons. The quantitative estimate of drug-likeness (QED) is 0.738. The van der Waals surface area contributed by atoms with E-state index in [9.17, 15) is 4.79 Å². The van der Waals surface area contributed by atoms with Gasteiger partial charge in [-0.3, -0.25) is 4.79 Å². The summed E-state index contributed by atoms with van der Waals surface area (Å²) < 4.78 is 0. The van der Waals surface area contributed by atoms with Crippen LogP contribution in [0.5, 0.6) is 0 Å². The van der Waals surface area contributed by atoms with Crippen LogP contribution in [0.25, 0.3) is 0 Å². The van der Waals surface area contributed by atoms with Crippen LogP contribution in [0.2, 0.25) is 0 Å². The van der Waals surface area contributed by atoms with Gasteiger partial charge in [-0.2, -0.15) is 0 Å². The first-order valence-electron chi connectivity index (χ1n) is 5.79. The number of hydrogen-bond acceptors (Lipinski definition) is 5. The number of H-pyrrole nitrogens is 1. The maximum Gasteiger partial charge on any atom is 0.276 e. The Morgan fingerprint density at radius 2 is 2.06 bits per heavy atom. The molecule has 0 aliphatic rings. The van der Waals surface area contributed by atoms with Crippen molar-refractivity contribution in [1.29, 1.82) is 0 Å². The van der Waals surface area contributed by atoms with Gasteiger partial charge in [-0.25, -0.2) is 4.98 Å². The molecule has 1 rings (SSSR count). The Balaban J connectivity index is 2.89. The van der Waals surface area contributed by atoms with E-state index in [-0.39, 0.29) is 11.2 Å². The fraction of sp³-hybridized carbons (Fsp3) is 0.636. The largest absolute Gasteiger partial charge is 0.391 e. The van der Waals surface area contributed by atoms with Crippen LogP contribution in [-0.2, 0) is 0 Å². The molecular weight excluding hydrogens is 218 g/mol. The van der Waals surface area contributed by atoms with Crippen LogP contribution in [0.1, 0.15) is 13.3 Å². The summed E-state index contributed by atoms with van der Waals surface area (Å²) in [5, 5.41) is 0. The molecule has 1 aromatic heterocycles. The van der Waals surface area contributed by atoms with E-state index in [1.807, 2.05) is 19.0 Å². The summed E-state index contributed by atoms with van der Waals surface area (Å²) in [5.74, 6) is 0.581. The van der Waals surface area contributed by atoms with E-state index in [4.69, 9.17) is 5.73 Å². The van der Waals surface area contributed by atoms with Crippen LogP contribution in [0.4, 0.5) is 11.5 Å². The molecule has 0 aromatic carbocycles. The van der Waals surface area contributed by atoms with Gasteiger partial charge >= 0.3 is 0 Å². The minimum atomic E-state index is -0.277. The second kappa shape index (κ2) is 6.24. The lowest BCUT2D eigenvalue weighted by atomic mass is 10.3. The highest BCUT2D eigenvalue weighted by Crippen LogP contribution is 2.14. The number of rotatable bonds is 6. The molecule has 0 fully saturated rings. The second-order valence-corrected chi connectivity index (χ2v) is 4.26. The molecule has 3 N–H and O–H groups in total. The number of hydrogen-bond donors (Lipinski definition) is 2. The van der Waals surface area contributed by atoms with Crippen LogP contribution >= 0.6 is 0 Å². The number of nitrogen functional groups attached to an aromatic ring is 1. The number of aromatic amines is 1. The molecule has 0 unspecified atom stereocenters. The zero-order valence-electron chi connectivity index (χ0n) is 10.7. The molecule has 6 nitrogen and oxygen atoms in total. The first-order chi connectivity index (χ1) is 8.06. The zero-order chi connectivity index (χ0) is 12.8. The van der Waals surface area contributed by atoms with Crippen molar-refractivity contribution < 1.29 is 0 Å². The van der Waals surface area contributed by atoms with Gasteiger partial charge in [0, 0.05) is 19.6 Å². The van der Waals surface area contributed by atoms with Crippen molar-refractivity contribution in [3.63, 3.8) is 0 Å². The van der Waals surface area contributed by atoms with E-state index in [0.29, 0.717) is 5.82 Å². The van der Waals surface area contributed by atoms with Crippen LogP contribution in [0, 0.1) is 0 Å². The molecule has 1 aromatic rings. The van der Waals surface area contributed by atoms with Crippen LogP contribution < -0.4 is 16.2 Å². The summed E-state index contributed by atoms with van der Waals surface area (Å²) >= 11 is 0. The van der Waals surface area contributed by atoms with Gasteiger partial charge in [0.25, 0.3) is 5.56 Å². The Morgan fingerprint density at radius 3 is 2.65 bits per heavy atom. The summed E-state index contributed by atoms with van der Waals surface area (Å²) in [6, 6.07) is 0. The van der Waals surface area contributed by atoms with Crippen LogP contribution in [-0.4, -0.2) is 48.6 Å². The lowest BCUT2D eigenvalue weighted by Gasteiger charge is -2.25. The Labute approximate surface area is 101 Å². The summed E-state index contributed by atoms with van der Waals surface area (Å²) in [6.45, 7) is 4.63. The SMILES string of the molecule is CCCN(CCN(C)C)c1nc[nH]c(=O)c1N. The van der Waals surface area contributed by atoms with E-state index >= 15 is 0 Å². The average molecular weight is 239 g/mol. The first-order valence-corrected chi connectivity index (χ1v) is 5.79. The topological polar surface area (TPSA) is 78.2 Å². The lowest BCUT2D eigenvalue weighted by Crippen LogP contribution is -2.34. The van der Waals surface area contributed by atoms with Crippen LogP contribution in [0.3, 0.4) is 0 Å². The predicted molar refractivity (Wildman–Crippen MR) is 70.3 cm³/mol. The number of aromatic nitrogens is 2. The highest BCUT2D eigenvalue weighted by Gasteiger charge is 2.12. The maximum absolute atomic E-state index is 11.4. The van der Waals surface area contributed by atoms with Gasteiger partial charge in [0.15, 0.2) is 5.82 Å². The molecule has 6 heteroatoms. The van der Waals surface area contributed by atoms with Gasteiger partial charge in [0.2, 0.25) is 0 Å². The number of anilines is 2. The van der Waals surface area contributed by atoms with Gasteiger partial charge in [0.1, 0.15) is 5.69 Å². The van der Waals surface area contributed by atoms with Crippen molar-refractivity contribution in [3.8, 4) is 0 Å².